The Kier molecular flexibility index (Phi) is 4.05. The number of anilines is 1. The maximum absolute atomic E-state index is 12.8. The minimum atomic E-state index is -0.522. The van der Waals surface area contributed by atoms with Gasteiger partial charge >= 0.3 is 5.97 Å². The number of methoxy groups -OCH3 is 1. The van der Waals surface area contributed by atoms with Crippen molar-refractivity contribution in [1.82, 2.24) is 4.57 Å². The molecular formula is C21H18N2O3. The van der Waals surface area contributed by atoms with E-state index in [1.807, 2.05) is 60.7 Å². The molecule has 0 radical (unpaired) electrons. The SMILES string of the molecule is COC(=O)c1cc2n(c(=O)c1)[C@@H](c1ccccc1)[C@H](c1ccccc1)N2. The van der Waals surface area contributed by atoms with E-state index < -0.39 is 5.97 Å². The maximum Gasteiger partial charge on any atom is 0.338 e. The van der Waals surface area contributed by atoms with Crippen LogP contribution in [-0.2, 0) is 4.74 Å². The number of benzene rings is 2. The lowest BCUT2D eigenvalue weighted by Gasteiger charge is -2.21. The van der Waals surface area contributed by atoms with Crippen molar-refractivity contribution in [2.45, 2.75) is 12.1 Å². The van der Waals surface area contributed by atoms with E-state index in [2.05, 4.69) is 5.32 Å². The smallest absolute Gasteiger partial charge is 0.338 e. The van der Waals surface area contributed by atoms with Crippen molar-refractivity contribution in [3.05, 3.63) is 99.8 Å². The summed E-state index contributed by atoms with van der Waals surface area (Å²) in [6, 6.07) is 22.6. The summed E-state index contributed by atoms with van der Waals surface area (Å²) >= 11 is 0. The number of nitrogens with one attached hydrogen (secondary N) is 1. The second-order valence-electron chi connectivity index (χ2n) is 6.22. The number of carbonyl (C=O) groups excluding carboxylic acids is 1. The van der Waals surface area contributed by atoms with Gasteiger partial charge in [-0.25, -0.2) is 4.79 Å². The average Bonchev–Trinajstić information content (AvgIpc) is 3.09. The summed E-state index contributed by atoms with van der Waals surface area (Å²) in [5, 5.41) is 3.41. The van der Waals surface area contributed by atoms with Gasteiger partial charge in [0.2, 0.25) is 0 Å². The Hall–Kier alpha value is -3.34. The van der Waals surface area contributed by atoms with Crippen LogP contribution in [0.4, 0.5) is 5.82 Å². The van der Waals surface area contributed by atoms with Crippen LogP contribution in [0.25, 0.3) is 0 Å². The Balaban J connectivity index is 1.89. The first kappa shape index (κ1) is 16.1. The van der Waals surface area contributed by atoms with Gasteiger partial charge in [0.25, 0.3) is 5.56 Å². The monoisotopic (exact) mass is 346 g/mol. The number of pyridine rings is 1. The van der Waals surface area contributed by atoms with E-state index in [1.54, 1.807) is 10.6 Å². The molecule has 2 atom stereocenters. The topological polar surface area (TPSA) is 60.3 Å². The third-order valence-electron chi connectivity index (χ3n) is 4.69. The number of hydrogen-bond donors (Lipinski definition) is 1. The molecule has 1 aliphatic rings. The Bertz CT molecular complexity index is 997. The van der Waals surface area contributed by atoms with Crippen LogP contribution in [0.2, 0.25) is 0 Å². The van der Waals surface area contributed by atoms with Crippen LogP contribution < -0.4 is 10.9 Å². The fraction of sp³-hybridized carbons (Fsp3) is 0.143. The highest BCUT2D eigenvalue weighted by Gasteiger charge is 2.35. The van der Waals surface area contributed by atoms with Gasteiger partial charge in [-0.3, -0.25) is 9.36 Å². The van der Waals surface area contributed by atoms with Crippen LogP contribution in [-0.4, -0.2) is 17.6 Å². The molecule has 0 saturated carbocycles. The molecule has 0 bridgehead atoms. The molecule has 26 heavy (non-hydrogen) atoms. The van der Waals surface area contributed by atoms with Gasteiger partial charge in [0.1, 0.15) is 5.82 Å². The van der Waals surface area contributed by atoms with Crippen molar-refractivity contribution in [3.63, 3.8) is 0 Å². The van der Waals surface area contributed by atoms with Gasteiger partial charge in [-0.15, -0.1) is 0 Å². The Morgan fingerprint density at radius 2 is 1.58 bits per heavy atom. The second kappa shape index (κ2) is 6.52. The maximum atomic E-state index is 12.8. The fourth-order valence-electron chi connectivity index (χ4n) is 3.52. The summed E-state index contributed by atoms with van der Waals surface area (Å²) in [4.78, 5) is 24.7. The predicted molar refractivity (Wildman–Crippen MR) is 99.4 cm³/mol. The second-order valence-corrected chi connectivity index (χ2v) is 6.22. The van der Waals surface area contributed by atoms with Crippen LogP contribution in [0, 0.1) is 0 Å². The number of hydrogen-bond acceptors (Lipinski definition) is 4. The summed E-state index contributed by atoms with van der Waals surface area (Å²) in [6.45, 7) is 0. The van der Waals surface area contributed by atoms with E-state index in [9.17, 15) is 9.59 Å². The summed E-state index contributed by atoms with van der Waals surface area (Å²) in [5.41, 5.74) is 2.11. The van der Waals surface area contributed by atoms with E-state index >= 15 is 0 Å². The lowest BCUT2D eigenvalue weighted by Crippen LogP contribution is -2.25. The molecule has 0 unspecified atom stereocenters. The molecule has 5 heteroatoms. The van der Waals surface area contributed by atoms with E-state index in [0.29, 0.717) is 5.82 Å². The van der Waals surface area contributed by atoms with Gasteiger partial charge < -0.3 is 10.1 Å². The van der Waals surface area contributed by atoms with Crippen molar-refractivity contribution in [2.75, 3.05) is 12.4 Å². The molecule has 2 aromatic carbocycles. The number of ether oxygens (including phenoxy) is 1. The molecule has 130 valence electrons. The molecule has 1 aromatic heterocycles. The highest BCUT2D eigenvalue weighted by Crippen LogP contribution is 2.41. The minimum Gasteiger partial charge on any atom is -0.465 e. The Morgan fingerprint density at radius 3 is 2.19 bits per heavy atom. The van der Waals surface area contributed by atoms with Gasteiger partial charge in [-0.05, 0) is 17.2 Å². The van der Waals surface area contributed by atoms with Crippen molar-refractivity contribution < 1.29 is 9.53 Å². The van der Waals surface area contributed by atoms with Crippen LogP contribution >= 0.6 is 0 Å². The highest BCUT2D eigenvalue weighted by atomic mass is 16.5. The summed E-state index contributed by atoms with van der Waals surface area (Å²) in [7, 11) is 1.31. The molecule has 3 aromatic rings. The van der Waals surface area contributed by atoms with E-state index in [4.69, 9.17) is 4.74 Å². The first-order chi connectivity index (χ1) is 12.7. The first-order valence-electron chi connectivity index (χ1n) is 8.40. The van der Waals surface area contributed by atoms with Crippen LogP contribution in [0.15, 0.2) is 77.6 Å². The van der Waals surface area contributed by atoms with E-state index in [0.717, 1.165) is 11.1 Å². The first-order valence-corrected chi connectivity index (χ1v) is 8.40. The summed E-state index contributed by atoms with van der Waals surface area (Å²) in [6.07, 6.45) is 0. The highest BCUT2D eigenvalue weighted by molar-refractivity contribution is 5.90. The number of aromatic nitrogens is 1. The van der Waals surface area contributed by atoms with Gasteiger partial charge in [0.05, 0.1) is 24.8 Å². The van der Waals surface area contributed by atoms with Crippen LogP contribution in [0.3, 0.4) is 0 Å². The minimum absolute atomic E-state index is 0.112. The third kappa shape index (κ3) is 2.67. The quantitative estimate of drug-likeness (QED) is 0.739. The molecule has 1 aliphatic heterocycles. The largest absolute Gasteiger partial charge is 0.465 e. The van der Waals surface area contributed by atoms with Crippen molar-refractivity contribution in [2.24, 2.45) is 0 Å². The third-order valence-corrected chi connectivity index (χ3v) is 4.69. The van der Waals surface area contributed by atoms with Crippen LogP contribution in [0.5, 0.6) is 0 Å². The zero-order valence-corrected chi connectivity index (χ0v) is 14.3. The molecule has 0 aliphatic carbocycles. The van der Waals surface area contributed by atoms with Gasteiger partial charge in [0, 0.05) is 6.07 Å². The van der Waals surface area contributed by atoms with Crippen LogP contribution in [0.1, 0.15) is 33.6 Å². The standard InChI is InChI=1S/C21H18N2O3/c1-26-21(25)16-12-17-22-19(14-8-4-2-5-9-14)20(23(17)18(24)13-16)15-10-6-3-7-11-15/h2-13,19-20,22H,1H3/t19-,20-/m0/s1. The number of rotatable bonds is 3. The Morgan fingerprint density at radius 1 is 0.962 bits per heavy atom. The van der Waals surface area contributed by atoms with Gasteiger partial charge in [-0.1, -0.05) is 60.7 Å². The van der Waals surface area contributed by atoms with E-state index in [-0.39, 0.29) is 23.2 Å². The number of esters is 1. The zero-order valence-electron chi connectivity index (χ0n) is 14.3. The summed E-state index contributed by atoms with van der Waals surface area (Å²) < 4.78 is 6.47. The summed E-state index contributed by atoms with van der Waals surface area (Å²) in [5.74, 6) is 0.0901. The number of carbonyl (C=O) groups is 1. The molecule has 0 spiro atoms. The number of nitrogens with zero attached hydrogens (tertiary/aromatic N) is 1. The molecule has 0 amide bonds. The molecule has 2 heterocycles. The Labute approximate surface area is 150 Å². The molecule has 0 saturated heterocycles. The van der Waals surface area contributed by atoms with Gasteiger partial charge in [-0.2, -0.15) is 0 Å². The molecule has 5 nitrogen and oxygen atoms in total. The van der Waals surface area contributed by atoms with Crippen molar-refractivity contribution in [1.29, 1.82) is 0 Å². The lowest BCUT2D eigenvalue weighted by molar-refractivity contribution is 0.0600. The zero-order chi connectivity index (χ0) is 18.1. The number of fused-ring (bicyclic) bond motifs is 1. The lowest BCUT2D eigenvalue weighted by atomic mass is 9.94. The van der Waals surface area contributed by atoms with Crippen molar-refractivity contribution >= 4 is 11.8 Å². The predicted octanol–water partition coefficient (Wildman–Crippen LogP) is 3.39. The van der Waals surface area contributed by atoms with Gasteiger partial charge in [0.15, 0.2) is 0 Å². The van der Waals surface area contributed by atoms with Crippen molar-refractivity contribution in [3.8, 4) is 0 Å². The average molecular weight is 346 g/mol. The fourth-order valence-corrected chi connectivity index (χ4v) is 3.52. The van der Waals surface area contributed by atoms with E-state index in [1.165, 1.54) is 13.2 Å². The molecule has 4 rings (SSSR count). The molecular weight excluding hydrogens is 328 g/mol. The molecule has 1 N–H and O–H groups in total. The normalized spacial score (nSPS) is 18.0. The molecule has 0 fully saturated rings.